The van der Waals surface area contributed by atoms with Gasteiger partial charge in [0, 0.05) is 0 Å². The van der Waals surface area contributed by atoms with Crippen LogP contribution in [0.3, 0.4) is 0 Å². The third-order valence-corrected chi connectivity index (χ3v) is 6.03. The normalized spacial score (nSPS) is 16.0. The zero-order chi connectivity index (χ0) is 22.0. The number of thiazole rings is 1. The Labute approximate surface area is 183 Å². The smallest absolute Gasteiger partial charge is 0.338 e. The molecule has 0 saturated heterocycles. The van der Waals surface area contributed by atoms with Crippen molar-refractivity contribution in [3.63, 3.8) is 0 Å². The minimum Gasteiger partial charge on any atom is -0.497 e. The summed E-state index contributed by atoms with van der Waals surface area (Å²) in [5, 5.41) is 0. The molecule has 0 spiro atoms. The number of fused-ring (bicyclic) bond motifs is 1. The summed E-state index contributed by atoms with van der Waals surface area (Å²) in [5.74, 6) is 0.291. The van der Waals surface area contributed by atoms with Crippen LogP contribution in [-0.4, -0.2) is 24.3 Å². The number of carbonyl (C=O) groups excluding carboxylic acids is 1. The molecule has 0 amide bonds. The predicted octanol–water partition coefficient (Wildman–Crippen LogP) is 2.81. The second-order valence-corrected chi connectivity index (χ2v) is 8.00. The van der Waals surface area contributed by atoms with Gasteiger partial charge in [-0.3, -0.25) is 9.36 Å². The maximum absolute atomic E-state index is 13.4. The maximum Gasteiger partial charge on any atom is 0.338 e. The molecule has 2 heterocycles. The van der Waals surface area contributed by atoms with Crippen LogP contribution in [0.4, 0.5) is 0 Å². The molecule has 1 aliphatic rings. The fraction of sp³-hybridized carbons (Fsp3) is 0.208. The highest BCUT2D eigenvalue weighted by molar-refractivity contribution is 7.07. The number of esters is 1. The van der Waals surface area contributed by atoms with Crippen molar-refractivity contribution in [2.24, 2.45) is 4.99 Å². The van der Waals surface area contributed by atoms with Crippen molar-refractivity contribution in [2.75, 3.05) is 13.7 Å². The SMILES string of the molecule is CCOC(=O)C1=C(C)N=c2s/c(=C\c3ccc(OC)cc3)c(=O)n2[C@@H]1c1ccccc1. The van der Waals surface area contributed by atoms with Crippen LogP contribution in [0.25, 0.3) is 6.08 Å². The lowest BCUT2D eigenvalue weighted by Crippen LogP contribution is -2.39. The highest BCUT2D eigenvalue weighted by atomic mass is 32.1. The topological polar surface area (TPSA) is 69.9 Å². The fourth-order valence-electron chi connectivity index (χ4n) is 3.59. The Morgan fingerprint density at radius 2 is 1.87 bits per heavy atom. The Kier molecular flexibility index (Phi) is 5.86. The average Bonchev–Trinajstić information content (AvgIpc) is 3.08. The Balaban J connectivity index is 1.91. The van der Waals surface area contributed by atoms with Gasteiger partial charge in [-0.1, -0.05) is 53.8 Å². The van der Waals surface area contributed by atoms with Crippen molar-refractivity contribution in [2.45, 2.75) is 19.9 Å². The summed E-state index contributed by atoms with van der Waals surface area (Å²) < 4.78 is 12.6. The van der Waals surface area contributed by atoms with Gasteiger partial charge in [-0.25, -0.2) is 9.79 Å². The molecule has 7 heteroatoms. The van der Waals surface area contributed by atoms with Gasteiger partial charge in [0.05, 0.1) is 35.6 Å². The van der Waals surface area contributed by atoms with Crippen LogP contribution in [0.2, 0.25) is 0 Å². The molecule has 0 N–H and O–H groups in total. The third-order valence-electron chi connectivity index (χ3n) is 5.05. The molecule has 0 saturated carbocycles. The van der Waals surface area contributed by atoms with Gasteiger partial charge < -0.3 is 9.47 Å². The number of hydrogen-bond acceptors (Lipinski definition) is 6. The first-order valence-corrected chi connectivity index (χ1v) is 10.7. The maximum atomic E-state index is 13.4. The molecule has 2 aromatic carbocycles. The molecule has 6 nitrogen and oxygen atoms in total. The van der Waals surface area contributed by atoms with Crippen molar-refractivity contribution in [1.82, 2.24) is 4.57 Å². The van der Waals surface area contributed by atoms with Crippen LogP contribution in [0.15, 0.2) is 75.7 Å². The minimum absolute atomic E-state index is 0.192. The number of nitrogens with zero attached hydrogens (tertiary/aromatic N) is 2. The highest BCUT2D eigenvalue weighted by Crippen LogP contribution is 2.30. The van der Waals surface area contributed by atoms with Crippen LogP contribution < -0.4 is 19.6 Å². The molecular weight excluding hydrogens is 412 g/mol. The van der Waals surface area contributed by atoms with Gasteiger partial charge in [-0.15, -0.1) is 0 Å². The Morgan fingerprint density at radius 1 is 1.16 bits per heavy atom. The molecule has 0 bridgehead atoms. The summed E-state index contributed by atoms with van der Waals surface area (Å²) in [6, 6.07) is 16.4. The van der Waals surface area contributed by atoms with E-state index in [2.05, 4.69) is 4.99 Å². The molecule has 0 unspecified atom stereocenters. The molecule has 4 rings (SSSR count). The van der Waals surface area contributed by atoms with Crippen LogP contribution in [0.5, 0.6) is 5.75 Å². The van der Waals surface area contributed by atoms with Crippen molar-refractivity contribution < 1.29 is 14.3 Å². The number of aromatic nitrogens is 1. The lowest BCUT2D eigenvalue weighted by molar-refractivity contribution is -0.139. The zero-order valence-corrected chi connectivity index (χ0v) is 18.3. The number of allylic oxidation sites excluding steroid dienone is 1. The minimum atomic E-state index is -0.588. The van der Waals surface area contributed by atoms with Crippen LogP contribution >= 0.6 is 11.3 Å². The van der Waals surface area contributed by atoms with E-state index >= 15 is 0 Å². The van der Waals surface area contributed by atoms with Gasteiger partial charge in [-0.05, 0) is 43.2 Å². The van der Waals surface area contributed by atoms with Gasteiger partial charge in [0.1, 0.15) is 5.75 Å². The van der Waals surface area contributed by atoms with E-state index in [-0.39, 0.29) is 12.2 Å². The first kappa shape index (κ1) is 20.8. The number of rotatable bonds is 5. The summed E-state index contributed by atoms with van der Waals surface area (Å²) in [6.07, 6.45) is 1.83. The van der Waals surface area contributed by atoms with Crippen LogP contribution in [-0.2, 0) is 9.53 Å². The van der Waals surface area contributed by atoms with Gasteiger partial charge in [-0.2, -0.15) is 0 Å². The molecule has 1 aromatic heterocycles. The first-order valence-electron chi connectivity index (χ1n) is 9.92. The van der Waals surface area contributed by atoms with Gasteiger partial charge in [0.2, 0.25) is 0 Å². The van der Waals surface area contributed by atoms with Crippen LogP contribution in [0, 0.1) is 0 Å². The predicted molar refractivity (Wildman–Crippen MR) is 120 cm³/mol. The summed E-state index contributed by atoms with van der Waals surface area (Å²) in [4.78, 5) is 31.4. The molecule has 31 heavy (non-hydrogen) atoms. The highest BCUT2D eigenvalue weighted by Gasteiger charge is 2.33. The summed E-state index contributed by atoms with van der Waals surface area (Å²) >= 11 is 1.31. The van der Waals surface area contributed by atoms with E-state index < -0.39 is 12.0 Å². The van der Waals surface area contributed by atoms with Crippen molar-refractivity contribution in [3.05, 3.63) is 96.7 Å². The summed E-state index contributed by atoms with van der Waals surface area (Å²) in [6.45, 7) is 3.79. The molecule has 158 valence electrons. The second-order valence-electron chi connectivity index (χ2n) is 6.99. The Hall–Kier alpha value is -3.45. The van der Waals surface area contributed by atoms with Crippen molar-refractivity contribution in [1.29, 1.82) is 0 Å². The number of benzene rings is 2. The largest absolute Gasteiger partial charge is 0.497 e. The van der Waals surface area contributed by atoms with Gasteiger partial charge in [0.15, 0.2) is 4.80 Å². The third kappa shape index (κ3) is 3.96. The summed E-state index contributed by atoms with van der Waals surface area (Å²) in [7, 11) is 1.61. The van der Waals surface area contributed by atoms with E-state index in [0.29, 0.717) is 20.6 Å². The monoisotopic (exact) mass is 434 g/mol. The Morgan fingerprint density at radius 3 is 2.52 bits per heavy atom. The van der Waals surface area contributed by atoms with E-state index in [4.69, 9.17) is 9.47 Å². The Bertz CT molecular complexity index is 1320. The molecule has 1 aliphatic heterocycles. The van der Waals surface area contributed by atoms with E-state index in [1.165, 1.54) is 11.3 Å². The van der Waals surface area contributed by atoms with Gasteiger partial charge >= 0.3 is 5.97 Å². The molecule has 3 aromatic rings. The van der Waals surface area contributed by atoms with E-state index in [9.17, 15) is 9.59 Å². The van der Waals surface area contributed by atoms with E-state index in [1.807, 2.05) is 60.7 Å². The number of hydrogen-bond donors (Lipinski definition) is 0. The lowest BCUT2D eigenvalue weighted by atomic mass is 9.96. The van der Waals surface area contributed by atoms with E-state index in [0.717, 1.165) is 16.9 Å². The average molecular weight is 435 g/mol. The molecule has 0 radical (unpaired) electrons. The molecule has 0 fully saturated rings. The van der Waals surface area contributed by atoms with Crippen molar-refractivity contribution >= 4 is 23.4 Å². The zero-order valence-electron chi connectivity index (χ0n) is 17.5. The quantitative estimate of drug-likeness (QED) is 0.579. The number of methoxy groups -OCH3 is 1. The molecule has 1 atom stereocenters. The number of carbonyl (C=O) groups is 1. The second kappa shape index (κ2) is 8.73. The molecular formula is C24H22N2O4S. The lowest BCUT2D eigenvalue weighted by Gasteiger charge is -2.24. The first-order chi connectivity index (χ1) is 15.0. The van der Waals surface area contributed by atoms with Gasteiger partial charge in [0.25, 0.3) is 5.56 Å². The van der Waals surface area contributed by atoms with Crippen molar-refractivity contribution in [3.8, 4) is 5.75 Å². The van der Waals surface area contributed by atoms with E-state index in [1.54, 1.807) is 25.5 Å². The standard InChI is InChI=1S/C24H22N2O4S/c1-4-30-23(28)20-15(2)25-24-26(21(20)17-8-6-5-7-9-17)22(27)19(31-24)14-16-10-12-18(29-3)13-11-16/h5-14,21H,4H2,1-3H3/b19-14-/t21-/m1/s1. The van der Waals surface area contributed by atoms with Crippen LogP contribution in [0.1, 0.15) is 31.0 Å². The molecule has 0 aliphatic carbocycles. The number of ether oxygens (including phenoxy) is 2. The summed E-state index contributed by atoms with van der Waals surface area (Å²) in [5.41, 5.74) is 2.46. The fourth-order valence-corrected chi connectivity index (χ4v) is 4.64.